The number of carbonyl (C=O) groups excluding carboxylic acids is 1. The quantitative estimate of drug-likeness (QED) is 0.697. The maximum absolute atomic E-state index is 12.3. The first-order valence-corrected chi connectivity index (χ1v) is 10.8. The Hall–Kier alpha value is -2.48. The fourth-order valence-electron chi connectivity index (χ4n) is 4.62. The van der Waals surface area contributed by atoms with Crippen molar-refractivity contribution in [2.24, 2.45) is 5.41 Å². The third kappa shape index (κ3) is 4.12. The summed E-state index contributed by atoms with van der Waals surface area (Å²) in [6.45, 7) is 7.16. The molecule has 5 heteroatoms. The number of hydrogen-bond acceptors (Lipinski definition) is 3. The van der Waals surface area contributed by atoms with Gasteiger partial charge in [0, 0.05) is 30.8 Å². The zero-order valence-electron chi connectivity index (χ0n) is 17.8. The van der Waals surface area contributed by atoms with Gasteiger partial charge in [-0.15, -0.1) is 0 Å². The van der Waals surface area contributed by atoms with Gasteiger partial charge in [0.15, 0.2) is 0 Å². The number of fused-ring (bicyclic) bond motifs is 1. The van der Waals surface area contributed by atoms with Crippen molar-refractivity contribution in [1.82, 2.24) is 9.47 Å². The Balaban J connectivity index is 1.43. The molecule has 1 amide bonds. The van der Waals surface area contributed by atoms with Gasteiger partial charge in [-0.25, -0.2) is 4.79 Å². The molecule has 2 aliphatic rings. The maximum Gasteiger partial charge on any atom is 0.410 e. The first-order valence-electron chi connectivity index (χ1n) is 10.8. The molecule has 0 radical (unpaired) electrons. The van der Waals surface area contributed by atoms with Gasteiger partial charge in [0.2, 0.25) is 0 Å². The number of aromatic nitrogens is 1. The normalized spacial score (nSPS) is 19.6. The fraction of sp³-hybridized carbons (Fsp3) is 0.583. The molecule has 1 aliphatic carbocycles. The molecule has 1 saturated carbocycles. The van der Waals surface area contributed by atoms with E-state index >= 15 is 0 Å². The zero-order valence-corrected chi connectivity index (χ0v) is 17.8. The van der Waals surface area contributed by atoms with Crippen molar-refractivity contribution in [1.29, 1.82) is 5.26 Å². The average molecular weight is 394 g/mol. The number of carbonyl (C=O) groups is 1. The number of benzene rings is 1. The maximum atomic E-state index is 12.3. The molecule has 1 saturated heterocycles. The van der Waals surface area contributed by atoms with E-state index < -0.39 is 5.60 Å². The third-order valence-electron chi connectivity index (χ3n) is 6.38. The summed E-state index contributed by atoms with van der Waals surface area (Å²) >= 11 is 0. The Morgan fingerprint density at radius 2 is 1.97 bits per heavy atom. The lowest BCUT2D eigenvalue weighted by Crippen LogP contribution is -2.42. The van der Waals surface area contributed by atoms with Gasteiger partial charge in [-0.3, -0.25) is 0 Å². The topological polar surface area (TPSA) is 58.3 Å². The lowest BCUT2D eigenvalue weighted by Gasteiger charge is -2.35. The van der Waals surface area contributed by atoms with Crippen molar-refractivity contribution in [3.05, 3.63) is 36.0 Å². The van der Waals surface area contributed by atoms with Gasteiger partial charge in [0.05, 0.1) is 11.5 Å². The number of ether oxygens (including phenoxy) is 1. The van der Waals surface area contributed by atoms with Crippen LogP contribution in [0.5, 0.6) is 0 Å². The van der Waals surface area contributed by atoms with Crippen LogP contribution in [0.25, 0.3) is 10.9 Å². The van der Waals surface area contributed by atoms with E-state index in [2.05, 4.69) is 41.1 Å². The number of piperidine rings is 1. The molecule has 0 unspecified atom stereocenters. The van der Waals surface area contributed by atoms with Crippen LogP contribution >= 0.6 is 0 Å². The molecule has 29 heavy (non-hydrogen) atoms. The number of likely N-dealkylation sites (tertiary alicyclic amines) is 1. The van der Waals surface area contributed by atoms with Crippen LogP contribution in [0.2, 0.25) is 0 Å². The molecule has 2 heterocycles. The van der Waals surface area contributed by atoms with Crippen LogP contribution in [0.3, 0.4) is 0 Å². The van der Waals surface area contributed by atoms with Gasteiger partial charge < -0.3 is 14.2 Å². The highest BCUT2D eigenvalue weighted by molar-refractivity contribution is 5.81. The molecule has 0 N–H and O–H groups in total. The summed E-state index contributed by atoms with van der Waals surface area (Å²) in [5.74, 6) is 0. The Labute approximate surface area is 173 Å². The van der Waals surface area contributed by atoms with E-state index in [4.69, 9.17) is 4.74 Å². The minimum absolute atomic E-state index is 0.134. The minimum Gasteiger partial charge on any atom is -0.444 e. The highest BCUT2D eigenvalue weighted by Crippen LogP contribution is 2.43. The molecule has 4 rings (SSSR count). The second kappa shape index (κ2) is 7.40. The lowest BCUT2D eigenvalue weighted by molar-refractivity contribution is 0.0189. The minimum atomic E-state index is -0.453. The Bertz CT molecular complexity index is 935. The molecular formula is C24H31N3O2. The summed E-state index contributed by atoms with van der Waals surface area (Å²) < 4.78 is 7.86. The molecule has 0 bridgehead atoms. The van der Waals surface area contributed by atoms with Crippen molar-refractivity contribution in [3.8, 4) is 6.07 Å². The van der Waals surface area contributed by atoms with E-state index in [9.17, 15) is 10.1 Å². The van der Waals surface area contributed by atoms with Crippen LogP contribution in [0, 0.1) is 16.7 Å². The van der Waals surface area contributed by atoms with Gasteiger partial charge in [-0.2, -0.15) is 5.26 Å². The molecule has 154 valence electrons. The van der Waals surface area contributed by atoms with Gasteiger partial charge in [0.25, 0.3) is 0 Å². The first-order chi connectivity index (χ1) is 13.8. The van der Waals surface area contributed by atoms with Gasteiger partial charge in [-0.05, 0) is 82.0 Å². The summed E-state index contributed by atoms with van der Waals surface area (Å²) in [7, 11) is 0. The molecule has 2 fully saturated rings. The standard InChI is InChI=1S/C24H31N3O2/c1-23(2,3)29-22(28)26-12-8-20(9-13-26)27-14-7-19-15-18(5-6-21(19)27)16-24(17-25)10-4-11-24/h5-7,14-15,20H,4,8-13,16H2,1-3H3. The van der Waals surface area contributed by atoms with E-state index in [1.807, 2.05) is 25.7 Å². The number of rotatable bonds is 3. The SMILES string of the molecule is CC(C)(C)OC(=O)N1CCC(n2ccc3cc(CC4(C#N)CCC4)ccc32)CC1. The van der Waals surface area contributed by atoms with Crippen molar-refractivity contribution in [3.63, 3.8) is 0 Å². The number of hydrogen-bond donors (Lipinski definition) is 0. The van der Waals surface area contributed by atoms with E-state index in [1.54, 1.807) is 0 Å². The second-order valence-electron chi connectivity index (χ2n) is 9.74. The predicted molar refractivity (Wildman–Crippen MR) is 114 cm³/mol. The van der Waals surface area contributed by atoms with Crippen molar-refractivity contribution >= 4 is 17.0 Å². The summed E-state index contributed by atoms with van der Waals surface area (Å²) in [4.78, 5) is 14.1. The van der Waals surface area contributed by atoms with E-state index in [0.717, 1.165) is 45.2 Å². The van der Waals surface area contributed by atoms with Crippen LogP contribution in [-0.2, 0) is 11.2 Å². The number of nitrogens with zero attached hydrogens (tertiary/aromatic N) is 3. The number of amides is 1. The van der Waals surface area contributed by atoms with Crippen molar-refractivity contribution in [2.45, 2.75) is 70.9 Å². The second-order valence-corrected chi connectivity index (χ2v) is 9.74. The predicted octanol–water partition coefficient (Wildman–Crippen LogP) is 5.45. The summed E-state index contributed by atoms with van der Waals surface area (Å²) in [5, 5.41) is 10.8. The highest BCUT2D eigenvalue weighted by Gasteiger charge is 2.37. The molecule has 1 aliphatic heterocycles. The Morgan fingerprint density at radius 3 is 2.55 bits per heavy atom. The number of nitriles is 1. The Kier molecular flexibility index (Phi) is 5.06. The molecule has 1 aromatic heterocycles. The first kappa shape index (κ1) is 19.8. The summed E-state index contributed by atoms with van der Waals surface area (Å²) in [6, 6.07) is 11.8. The van der Waals surface area contributed by atoms with Gasteiger partial charge >= 0.3 is 6.09 Å². The van der Waals surface area contributed by atoms with Crippen LogP contribution in [0.15, 0.2) is 30.5 Å². The van der Waals surface area contributed by atoms with Crippen LogP contribution in [0.1, 0.15) is 64.5 Å². The molecule has 0 atom stereocenters. The van der Waals surface area contributed by atoms with Gasteiger partial charge in [-0.1, -0.05) is 12.5 Å². The van der Waals surface area contributed by atoms with Gasteiger partial charge in [0.1, 0.15) is 5.60 Å². The smallest absolute Gasteiger partial charge is 0.410 e. The molecule has 0 spiro atoms. The van der Waals surface area contributed by atoms with Crippen molar-refractivity contribution < 1.29 is 9.53 Å². The van der Waals surface area contributed by atoms with E-state index in [-0.39, 0.29) is 11.5 Å². The molecule has 2 aromatic rings. The van der Waals surface area contributed by atoms with Crippen LogP contribution in [0.4, 0.5) is 4.79 Å². The lowest BCUT2D eigenvalue weighted by atomic mass is 9.66. The van der Waals surface area contributed by atoms with E-state index in [0.29, 0.717) is 6.04 Å². The average Bonchev–Trinajstić information content (AvgIpc) is 3.06. The van der Waals surface area contributed by atoms with E-state index in [1.165, 1.54) is 22.9 Å². The van der Waals surface area contributed by atoms with Crippen LogP contribution in [-0.4, -0.2) is 34.3 Å². The fourth-order valence-corrected chi connectivity index (χ4v) is 4.62. The van der Waals surface area contributed by atoms with Crippen LogP contribution < -0.4 is 0 Å². The third-order valence-corrected chi connectivity index (χ3v) is 6.38. The monoisotopic (exact) mass is 393 g/mol. The highest BCUT2D eigenvalue weighted by atomic mass is 16.6. The largest absolute Gasteiger partial charge is 0.444 e. The Morgan fingerprint density at radius 1 is 1.24 bits per heavy atom. The summed E-state index contributed by atoms with van der Waals surface area (Å²) in [6.07, 6.45) is 7.92. The summed E-state index contributed by atoms with van der Waals surface area (Å²) in [5.41, 5.74) is 1.91. The van der Waals surface area contributed by atoms with Crippen molar-refractivity contribution in [2.75, 3.05) is 13.1 Å². The molecule has 5 nitrogen and oxygen atoms in total. The molecule has 1 aromatic carbocycles. The zero-order chi connectivity index (χ0) is 20.6. The molecular weight excluding hydrogens is 362 g/mol.